The third-order valence-electron chi connectivity index (χ3n) is 2.52. The SMILES string of the molecule is CC(C)n1cnnc1CNc1nccnc1C(=O)O. The number of nitrogens with one attached hydrogen (secondary N) is 1. The molecule has 2 heterocycles. The Morgan fingerprint density at radius 2 is 2.16 bits per heavy atom. The molecule has 8 nitrogen and oxygen atoms in total. The second kappa shape index (κ2) is 5.42. The maximum Gasteiger partial charge on any atom is 0.358 e. The molecule has 0 aromatic carbocycles. The molecule has 0 radical (unpaired) electrons. The van der Waals surface area contributed by atoms with Gasteiger partial charge in [0.2, 0.25) is 0 Å². The summed E-state index contributed by atoms with van der Waals surface area (Å²) in [5, 5.41) is 19.7. The first-order valence-electron chi connectivity index (χ1n) is 5.76. The minimum Gasteiger partial charge on any atom is -0.476 e. The second-order valence-electron chi connectivity index (χ2n) is 4.16. The minimum atomic E-state index is -1.12. The Morgan fingerprint density at radius 1 is 1.42 bits per heavy atom. The monoisotopic (exact) mass is 262 g/mol. The molecule has 2 aromatic heterocycles. The van der Waals surface area contributed by atoms with Crippen LogP contribution in [0.2, 0.25) is 0 Å². The Kier molecular flexibility index (Phi) is 3.69. The zero-order chi connectivity index (χ0) is 13.8. The molecule has 2 rings (SSSR count). The summed E-state index contributed by atoms with van der Waals surface area (Å²) in [7, 11) is 0. The van der Waals surface area contributed by atoms with Crippen molar-refractivity contribution >= 4 is 11.8 Å². The minimum absolute atomic E-state index is 0.113. The van der Waals surface area contributed by atoms with Gasteiger partial charge in [0.15, 0.2) is 17.3 Å². The molecule has 100 valence electrons. The summed E-state index contributed by atoms with van der Waals surface area (Å²) < 4.78 is 1.89. The molecule has 8 heteroatoms. The lowest BCUT2D eigenvalue weighted by Crippen LogP contribution is -2.14. The number of carboxylic acids is 1. The van der Waals surface area contributed by atoms with Crippen molar-refractivity contribution < 1.29 is 9.90 Å². The van der Waals surface area contributed by atoms with Crippen LogP contribution in [0.15, 0.2) is 18.7 Å². The molecule has 19 heavy (non-hydrogen) atoms. The van der Waals surface area contributed by atoms with E-state index < -0.39 is 5.97 Å². The van der Waals surface area contributed by atoms with Crippen molar-refractivity contribution in [3.8, 4) is 0 Å². The van der Waals surface area contributed by atoms with Gasteiger partial charge in [-0.05, 0) is 13.8 Å². The summed E-state index contributed by atoms with van der Waals surface area (Å²) in [5.74, 6) is -0.203. The molecular weight excluding hydrogens is 248 g/mol. The zero-order valence-electron chi connectivity index (χ0n) is 10.6. The number of carboxylic acid groups (broad SMARTS) is 1. The highest BCUT2D eigenvalue weighted by Gasteiger charge is 2.13. The maximum absolute atomic E-state index is 11.0. The van der Waals surface area contributed by atoms with E-state index >= 15 is 0 Å². The van der Waals surface area contributed by atoms with E-state index in [-0.39, 0.29) is 17.6 Å². The highest BCUT2D eigenvalue weighted by molar-refractivity contribution is 5.90. The smallest absolute Gasteiger partial charge is 0.358 e. The molecule has 0 amide bonds. The average Bonchev–Trinajstić information content (AvgIpc) is 2.85. The zero-order valence-corrected chi connectivity index (χ0v) is 10.6. The number of rotatable bonds is 5. The maximum atomic E-state index is 11.0. The summed E-state index contributed by atoms with van der Waals surface area (Å²) in [6.45, 7) is 4.35. The molecule has 0 saturated heterocycles. The van der Waals surface area contributed by atoms with Crippen LogP contribution in [0.4, 0.5) is 5.82 Å². The van der Waals surface area contributed by atoms with Crippen LogP contribution in [0.1, 0.15) is 36.2 Å². The molecule has 0 atom stereocenters. The lowest BCUT2D eigenvalue weighted by atomic mass is 10.3. The van der Waals surface area contributed by atoms with Gasteiger partial charge < -0.3 is 15.0 Å². The molecule has 2 aromatic rings. The van der Waals surface area contributed by atoms with Crippen LogP contribution in [0.5, 0.6) is 0 Å². The van der Waals surface area contributed by atoms with Crippen LogP contribution in [0.25, 0.3) is 0 Å². The molecular formula is C11H14N6O2. The van der Waals surface area contributed by atoms with Gasteiger partial charge in [0, 0.05) is 18.4 Å². The van der Waals surface area contributed by atoms with E-state index in [1.165, 1.54) is 12.4 Å². The van der Waals surface area contributed by atoms with Gasteiger partial charge in [-0.1, -0.05) is 0 Å². The fraction of sp³-hybridized carbons (Fsp3) is 0.364. The van der Waals surface area contributed by atoms with Crippen LogP contribution in [-0.2, 0) is 6.54 Å². The predicted molar refractivity (Wildman–Crippen MR) is 66.7 cm³/mol. The number of aromatic carboxylic acids is 1. The number of nitrogens with zero attached hydrogens (tertiary/aromatic N) is 5. The number of carbonyl (C=O) groups is 1. The standard InChI is InChI=1S/C11H14N6O2/c1-7(2)17-6-15-16-8(17)5-14-10-9(11(18)19)12-3-4-13-10/h3-4,6-7H,5H2,1-2H3,(H,13,14)(H,18,19). The van der Waals surface area contributed by atoms with Crippen molar-refractivity contribution in [3.63, 3.8) is 0 Å². The van der Waals surface area contributed by atoms with Crippen LogP contribution in [0.3, 0.4) is 0 Å². The average molecular weight is 262 g/mol. The van der Waals surface area contributed by atoms with E-state index in [1.807, 2.05) is 18.4 Å². The van der Waals surface area contributed by atoms with E-state index in [1.54, 1.807) is 6.33 Å². The normalized spacial score (nSPS) is 10.7. The molecule has 0 fully saturated rings. The molecule has 0 aliphatic carbocycles. The summed E-state index contributed by atoms with van der Waals surface area (Å²) in [6, 6.07) is 0.229. The molecule has 0 saturated carbocycles. The highest BCUT2D eigenvalue weighted by Crippen LogP contribution is 2.11. The Balaban J connectivity index is 2.15. The predicted octanol–water partition coefficient (Wildman–Crippen LogP) is 0.959. The Labute approximate surface area is 109 Å². The molecule has 0 bridgehead atoms. The largest absolute Gasteiger partial charge is 0.476 e. The van der Waals surface area contributed by atoms with E-state index in [2.05, 4.69) is 25.5 Å². The fourth-order valence-electron chi connectivity index (χ4n) is 1.61. The van der Waals surface area contributed by atoms with Gasteiger partial charge in [-0.2, -0.15) is 0 Å². The summed E-state index contributed by atoms with van der Waals surface area (Å²) >= 11 is 0. The summed E-state index contributed by atoms with van der Waals surface area (Å²) in [6.07, 6.45) is 4.41. The van der Waals surface area contributed by atoms with Crippen LogP contribution >= 0.6 is 0 Å². The first kappa shape index (κ1) is 12.9. The number of aromatic nitrogens is 5. The topological polar surface area (TPSA) is 106 Å². The first-order chi connectivity index (χ1) is 9.09. The third kappa shape index (κ3) is 2.84. The molecule has 0 spiro atoms. The van der Waals surface area contributed by atoms with E-state index in [0.717, 1.165) is 0 Å². The number of anilines is 1. The summed E-state index contributed by atoms with van der Waals surface area (Å²) in [4.78, 5) is 18.7. The van der Waals surface area contributed by atoms with E-state index in [9.17, 15) is 4.79 Å². The third-order valence-corrected chi connectivity index (χ3v) is 2.52. The van der Waals surface area contributed by atoms with Crippen LogP contribution in [-0.4, -0.2) is 35.8 Å². The van der Waals surface area contributed by atoms with Gasteiger partial charge in [0.1, 0.15) is 6.33 Å². The Bertz CT molecular complexity index is 580. The van der Waals surface area contributed by atoms with Gasteiger partial charge in [0.05, 0.1) is 6.54 Å². The van der Waals surface area contributed by atoms with Crippen molar-refractivity contribution in [2.75, 3.05) is 5.32 Å². The summed E-state index contributed by atoms with van der Waals surface area (Å²) in [5.41, 5.74) is -0.113. The van der Waals surface area contributed by atoms with Gasteiger partial charge in [-0.25, -0.2) is 14.8 Å². The highest BCUT2D eigenvalue weighted by atomic mass is 16.4. The van der Waals surface area contributed by atoms with Crippen molar-refractivity contribution in [2.24, 2.45) is 0 Å². The van der Waals surface area contributed by atoms with Crippen molar-refractivity contribution in [2.45, 2.75) is 26.4 Å². The molecule has 2 N–H and O–H groups in total. The van der Waals surface area contributed by atoms with Gasteiger partial charge in [-0.15, -0.1) is 10.2 Å². The molecule has 0 aliphatic heterocycles. The first-order valence-corrected chi connectivity index (χ1v) is 5.76. The van der Waals surface area contributed by atoms with Gasteiger partial charge in [0.25, 0.3) is 0 Å². The van der Waals surface area contributed by atoms with Gasteiger partial charge in [-0.3, -0.25) is 0 Å². The number of hydrogen-bond donors (Lipinski definition) is 2. The van der Waals surface area contributed by atoms with Crippen molar-refractivity contribution in [3.05, 3.63) is 30.2 Å². The molecule has 0 unspecified atom stereocenters. The van der Waals surface area contributed by atoms with Crippen molar-refractivity contribution in [1.82, 2.24) is 24.7 Å². The quantitative estimate of drug-likeness (QED) is 0.826. The Morgan fingerprint density at radius 3 is 2.84 bits per heavy atom. The van der Waals surface area contributed by atoms with Crippen LogP contribution in [0, 0.1) is 0 Å². The van der Waals surface area contributed by atoms with Crippen LogP contribution < -0.4 is 5.32 Å². The van der Waals surface area contributed by atoms with E-state index in [4.69, 9.17) is 5.11 Å². The van der Waals surface area contributed by atoms with Crippen molar-refractivity contribution in [1.29, 1.82) is 0 Å². The fourth-order valence-corrected chi connectivity index (χ4v) is 1.61. The second-order valence-corrected chi connectivity index (χ2v) is 4.16. The lowest BCUT2D eigenvalue weighted by molar-refractivity contribution is 0.0691. The Hall–Kier alpha value is -2.51. The van der Waals surface area contributed by atoms with Gasteiger partial charge >= 0.3 is 5.97 Å². The van der Waals surface area contributed by atoms with E-state index in [0.29, 0.717) is 12.4 Å². The number of hydrogen-bond acceptors (Lipinski definition) is 6. The lowest BCUT2D eigenvalue weighted by Gasteiger charge is -2.11. The molecule has 0 aliphatic rings.